The highest BCUT2D eigenvalue weighted by Gasteiger charge is 1.97. The Balaban J connectivity index is 2.14. The van der Waals surface area contributed by atoms with Gasteiger partial charge in [0.15, 0.2) is 6.29 Å². The number of halogens is 1. The first-order valence-corrected chi connectivity index (χ1v) is 5.42. The zero-order chi connectivity index (χ0) is 10.7. The summed E-state index contributed by atoms with van der Waals surface area (Å²) >= 11 is 3.39. The second-order valence-corrected chi connectivity index (χ2v) is 4.28. The fraction of sp³-hybridized carbons (Fsp3) is 0.0833. The molecule has 2 aromatic rings. The largest absolute Gasteiger partial charge is 0.349 e. The molecular weight excluding hydrogens is 254 g/mol. The Kier molecular flexibility index (Phi) is 3.02. The minimum absolute atomic E-state index is 0.715. The molecule has 2 nitrogen and oxygen atoms in total. The van der Waals surface area contributed by atoms with E-state index in [0.29, 0.717) is 5.56 Å². The van der Waals surface area contributed by atoms with Crippen molar-refractivity contribution in [2.45, 2.75) is 6.54 Å². The van der Waals surface area contributed by atoms with Gasteiger partial charge in [0.2, 0.25) is 0 Å². The van der Waals surface area contributed by atoms with E-state index in [1.807, 2.05) is 35.2 Å². The van der Waals surface area contributed by atoms with E-state index in [4.69, 9.17) is 0 Å². The molecule has 0 radical (unpaired) electrons. The van der Waals surface area contributed by atoms with E-state index in [-0.39, 0.29) is 0 Å². The first-order chi connectivity index (χ1) is 7.28. The van der Waals surface area contributed by atoms with Crippen LogP contribution in [0.2, 0.25) is 0 Å². The van der Waals surface area contributed by atoms with Gasteiger partial charge in [0.1, 0.15) is 0 Å². The van der Waals surface area contributed by atoms with Crippen LogP contribution in [0.4, 0.5) is 0 Å². The lowest BCUT2D eigenvalue weighted by atomic mass is 10.2. The topological polar surface area (TPSA) is 22.0 Å². The Labute approximate surface area is 96.7 Å². The molecule has 0 fully saturated rings. The molecule has 0 aliphatic carbocycles. The van der Waals surface area contributed by atoms with Gasteiger partial charge in [0.25, 0.3) is 0 Å². The fourth-order valence-corrected chi connectivity index (χ4v) is 1.69. The molecule has 0 unspecified atom stereocenters. The van der Waals surface area contributed by atoms with E-state index in [1.165, 1.54) is 5.56 Å². The molecule has 0 saturated carbocycles. The summed E-state index contributed by atoms with van der Waals surface area (Å²) < 4.78 is 3.07. The van der Waals surface area contributed by atoms with Gasteiger partial charge in [-0.2, -0.15) is 0 Å². The van der Waals surface area contributed by atoms with Crippen molar-refractivity contribution in [3.05, 3.63) is 58.3 Å². The van der Waals surface area contributed by atoms with Crippen molar-refractivity contribution in [1.29, 1.82) is 0 Å². The third-order valence-electron chi connectivity index (χ3n) is 2.19. The highest BCUT2D eigenvalue weighted by Crippen LogP contribution is 2.12. The first kappa shape index (κ1) is 10.2. The molecule has 1 heterocycles. The molecule has 1 aromatic heterocycles. The van der Waals surface area contributed by atoms with E-state index in [0.717, 1.165) is 17.3 Å². The maximum atomic E-state index is 10.5. The van der Waals surface area contributed by atoms with Crippen LogP contribution < -0.4 is 0 Å². The molecule has 0 aliphatic heterocycles. The van der Waals surface area contributed by atoms with E-state index in [2.05, 4.69) is 28.1 Å². The van der Waals surface area contributed by atoms with Gasteiger partial charge in [0, 0.05) is 29.0 Å². The Morgan fingerprint density at radius 1 is 1.20 bits per heavy atom. The molecule has 0 spiro atoms. The average molecular weight is 264 g/mol. The molecule has 0 amide bonds. The number of hydrogen-bond acceptors (Lipinski definition) is 1. The second kappa shape index (κ2) is 4.45. The summed E-state index contributed by atoms with van der Waals surface area (Å²) in [6.45, 7) is 0.793. The van der Waals surface area contributed by atoms with E-state index < -0.39 is 0 Å². The lowest BCUT2D eigenvalue weighted by Gasteiger charge is -2.02. The van der Waals surface area contributed by atoms with Gasteiger partial charge in [-0.05, 0) is 23.8 Å². The van der Waals surface area contributed by atoms with Gasteiger partial charge in [0.05, 0.1) is 0 Å². The second-order valence-electron chi connectivity index (χ2n) is 3.36. The Morgan fingerprint density at radius 3 is 2.53 bits per heavy atom. The van der Waals surface area contributed by atoms with E-state index in [9.17, 15) is 4.79 Å². The number of aromatic nitrogens is 1. The third-order valence-corrected chi connectivity index (χ3v) is 2.72. The molecule has 1 aromatic carbocycles. The smallest absolute Gasteiger partial charge is 0.151 e. The van der Waals surface area contributed by atoms with Crippen LogP contribution in [-0.2, 0) is 6.54 Å². The van der Waals surface area contributed by atoms with Gasteiger partial charge in [-0.25, -0.2) is 0 Å². The van der Waals surface area contributed by atoms with Crippen LogP contribution in [0, 0.1) is 0 Å². The molecular formula is C12H10BrNO. The number of rotatable bonds is 3. The molecule has 0 saturated heterocycles. The summed E-state index contributed by atoms with van der Waals surface area (Å²) in [5.41, 5.74) is 1.93. The van der Waals surface area contributed by atoms with Crippen LogP contribution in [0.1, 0.15) is 15.9 Å². The number of carbonyl (C=O) groups excluding carboxylic acids is 1. The number of hydrogen-bond donors (Lipinski definition) is 0. The van der Waals surface area contributed by atoms with Crippen molar-refractivity contribution >= 4 is 22.2 Å². The number of nitrogens with zero attached hydrogens (tertiary/aromatic N) is 1. The van der Waals surface area contributed by atoms with Crippen LogP contribution in [0.25, 0.3) is 0 Å². The summed E-state index contributed by atoms with van der Waals surface area (Å²) in [6.07, 6.45) is 4.61. The molecule has 0 N–H and O–H groups in total. The lowest BCUT2D eigenvalue weighted by Crippen LogP contribution is -1.95. The van der Waals surface area contributed by atoms with Crippen molar-refractivity contribution in [3.63, 3.8) is 0 Å². The summed E-state index contributed by atoms with van der Waals surface area (Å²) in [6, 6.07) is 9.96. The highest BCUT2D eigenvalue weighted by molar-refractivity contribution is 9.10. The van der Waals surface area contributed by atoms with Gasteiger partial charge in [-0.3, -0.25) is 4.79 Å². The minimum atomic E-state index is 0.715. The third kappa shape index (κ3) is 2.57. The van der Waals surface area contributed by atoms with Crippen LogP contribution in [-0.4, -0.2) is 10.9 Å². The SMILES string of the molecule is O=Cc1ccn(Cc2ccc(Br)cc2)c1. The molecule has 0 atom stereocenters. The number of aldehydes is 1. The Hall–Kier alpha value is -1.35. The predicted octanol–water partition coefficient (Wildman–Crippen LogP) is 3.11. The van der Waals surface area contributed by atoms with Crippen molar-refractivity contribution in [2.24, 2.45) is 0 Å². The van der Waals surface area contributed by atoms with Crippen LogP contribution in [0.15, 0.2) is 47.2 Å². The molecule has 76 valence electrons. The van der Waals surface area contributed by atoms with E-state index in [1.54, 1.807) is 0 Å². The first-order valence-electron chi connectivity index (χ1n) is 4.63. The van der Waals surface area contributed by atoms with Gasteiger partial charge >= 0.3 is 0 Å². The number of benzene rings is 1. The van der Waals surface area contributed by atoms with Crippen LogP contribution >= 0.6 is 15.9 Å². The maximum absolute atomic E-state index is 10.5. The molecule has 15 heavy (non-hydrogen) atoms. The molecule has 0 bridgehead atoms. The maximum Gasteiger partial charge on any atom is 0.151 e. The summed E-state index contributed by atoms with van der Waals surface area (Å²) in [5.74, 6) is 0. The minimum Gasteiger partial charge on any atom is -0.349 e. The quantitative estimate of drug-likeness (QED) is 0.781. The van der Waals surface area contributed by atoms with Crippen LogP contribution in [0.3, 0.4) is 0 Å². The monoisotopic (exact) mass is 263 g/mol. The standard InChI is InChI=1S/C12H10BrNO/c13-12-3-1-10(2-4-12)7-14-6-5-11(8-14)9-15/h1-6,8-9H,7H2. The average Bonchev–Trinajstić information content (AvgIpc) is 2.69. The highest BCUT2D eigenvalue weighted by atomic mass is 79.9. The number of carbonyl (C=O) groups is 1. The zero-order valence-electron chi connectivity index (χ0n) is 8.06. The van der Waals surface area contributed by atoms with Crippen LogP contribution in [0.5, 0.6) is 0 Å². The van der Waals surface area contributed by atoms with Crippen molar-refractivity contribution < 1.29 is 4.79 Å². The molecule has 0 aliphatic rings. The summed E-state index contributed by atoms with van der Waals surface area (Å²) in [5, 5.41) is 0. The van der Waals surface area contributed by atoms with Gasteiger partial charge in [-0.15, -0.1) is 0 Å². The van der Waals surface area contributed by atoms with Crippen molar-refractivity contribution in [1.82, 2.24) is 4.57 Å². The van der Waals surface area contributed by atoms with Crippen molar-refractivity contribution in [3.8, 4) is 0 Å². The zero-order valence-corrected chi connectivity index (χ0v) is 9.65. The Morgan fingerprint density at radius 2 is 1.93 bits per heavy atom. The summed E-state index contributed by atoms with van der Waals surface area (Å²) in [4.78, 5) is 10.5. The Bertz CT molecular complexity index is 459. The van der Waals surface area contributed by atoms with Gasteiger partial charge < -0.3 is 4.57 Å². The fourth-order valence-electron chi connectivity index (χ4n) is 1.43. The molecule has 3 heteroatoms. The summed E-state index contributed by atoms with van der Waals surface area (Å²) in [7, 11) is 0. The van der Waals surface area contributed by atoms with Gasteiger partial charge in [-0.1, -0.05) is 28.1 Å². The lowest BCUT2D eigenvalue weighted by molar-refractivity contribution is 0.112. The normalized spacial score (nSPS) is 10.2. The predicted molar refractivity (Wildman–Crippen MR) is 63.1 cm³/mol. The molecule has 2 rings (SSSR count). The van der Waals surface area contributed by atoms with Crippen molar-refractivity contribution in [2.75, 3.05) is 0 Å². The van der Waals surface area contributed by atoms with E-state index >= 15 is 0 Å².